The molecule has 7 bridgehead atoms. The fourth-order valence-electron chi connectivity index (χ4n) is 12.6. The highest BCUT2D eigenvalue weighted by Gasteiger charge is 2.89. The first-order valence-corrected chi connectivity index (χ1v) is 19.4. The Balaban J connectivity index is 1.21. The van der Waals surface area contributed by atoms with E-state index in [0.717, 1.165) is 5.56 Å². The molecule has 0 aromatic heterocycles. The number of fused-ring (bicyclic) bond motifs is 2. The van der Waals surface area contributed by atoms with Gasteiger partial charge in [0.1, 0.15) is 16.8 Å². The van der Waals surface area contributed by atoms with Crippen LogP contribution in [0.5, 0.6) is 0 Å². The Hall–Kier alpha value is -2.38. The number of aliphatic hydroxyl groups is 2. The number of carbonyl (C=O) groups excluding carboxylic acids is 1. The molecule has 1 saturated heterocycles. The molecule has 1 aliphatic heterocycles. The molecule has 2 aromatic rings. The number of ether oxygens (including phenoxy) is 4. The molecule has 11 heteroatoms. The number of sulfone groups is 1. The number of methoxy groups -OCH3 is 3. The van der Waals surface area contributed by atoms with E-state index >= 15 is 0 Å². The van der Waals surface area contributed by atoms with Crippen molar-refractivity contribution in [1.29, 1.82) is 0 Å². The topological polar surface area (TPSA) is 132 Å². The number of nitrogens with zero attached hydrogens (tertiary/aromatic N) is 1. The van der Waals surface area contributed by atoms with E-state index in [1.807, 2.05) is 13.0 Å². The summed E-state index contributed by atoms with van der Waals surface area (Å²) in [5.74, 6) is -1.87. The maximum absolute atomic E-state index is 14.5. The maximum Gasteiger partial charge on any atom is 0.339 e. The third-order valence-corrected chi connectivity index (χ3v) is 15.8. The highest BCUT2D eigenvalue weighted by atomic mass is 32.2. The van der Waals surface area contributed by atoms with Crippen LogP contribution in [0, 0.1) is 36.0 Å². The number of hydrogen-bond acceptors (Lipinski definition) is 10. The molecule has 0 amide bonds. The molecule has 5 saturated carbocycles. The molecule has 2 aromatic carbocycles. The molecular weight excluding hydrogens is 646 g/mol. The van der Waals surface area contributed by atoms with Crippen molar-refractivity contribution < 1.29 is 42.4 Å². The van der Waals surface area contributed by atoms with Crippen LogP contribution in [-0.4, -0.2) is 105 Å². The predicted octanol–water partition coefficient (Wildman–Crippen LogP) is 3.55. The summed E-state index contributed by atoms with van der Waals surface area (Å²) in [4.78, 5) is 17.1. The average molecular weight is 696 g/mol. The van der Waals surface area contributed by atoms with Crippen LogP contribution in [-0.2, 0) is 34.5 Å². The fraction of sp³-hybridized carbons (Fsp3) is 0.658. The summed E-state index contributed by atoms with van der Waals surface area (Å²) in [5, 5.41) is 25.9. The molecule has 2 N–H and O–H groups in total. The monoisotopic (exact) mass is 695 g/mol. The Morgan fingerprint density at radius 2 is 1.78 bits per heavy atom. The lowest BCUT2D eigenvalue weighted by atomic mass is 9.44. The largest absolute Gasteiger partial charge is 0.454 e. The minimum Gasteiger partial charge on any atom is -0.454 e. The van der Waals surface area contributed by atoms with Crippen molar-refractivity contribution in [3.63, 3.8) is 0 Å². The molecule has 6 aliphatic rings. The molecule has 0 radical (unpaired) electrons. The number of aryl methyl sites for hydroxylation is 1. The van der Waals surface area contributed by atoms with Crippen LogP contribution in [0.15, 0.2) is 53.4 Å². The minimum atomic E-state index is -3.74. The third-order valence-electron chi connectivity index (χ3n) is 14.1. The molecule has 6 fully saturated rings. The smallest absolute Gasteiger partial charge is 0.339 e. The standard InChI is InChI=1S/C38H49NO9S/c1-6-39-21-35(48-34(40)25-13-8-7-11-23(25)20-49(43,44)24-12-9-10-22(2)16-24)15-14-31(46-4)37-29(35)18-27(32(37)39)36(41)19-28(45-3)26-17-30(37)38(36,42)33(26)47-5/h7-13,16,26-33,41-42H,6,14-15,17-21H2,1-5H3/t26-,27?,28+,29?,30?,31+,32-,33+,35-,36+,37+,38+/m1/s1. The van der Waals surface area contributed by atoms with E-state index in [1.54, 1.807) is 63.8 Å². The molecule has 3 unspecified atom stereocenters. The number of likely N-dealkylation sites (tertiary alicyclic amines) is 1. The molecule has 1 spiro atoms. The molecule has 49 heavy (non-hydrogen) atoms. The first-order valence-electron chi connectivity index (χ1n) is 17.7. The van der Waals surface area contributed by atoms with Crippen molar-refractivity contribution in [2.75, 3.05) is 34.4 Å². The zero-order chi connectivity index (χ0) is 34.7. The van der Waals surface area contributed by atoms with Gasteiger partial charge in [0.25, 0.3) is 0 Å². The van der Waals surface area contributed by atoms with Crippen molar-refractivity contribution in [3.05, 3.63) is 65.2 Å². The molecular formula is C38H49NO9S. The summed E-state index contributed by atoms with van der Waals surface area (Å²) in [6.07, 6.45) is 1.59. The van der Waals surface area contributed by atoms with Gasteiger partial charge in [-0.3, -0.25) is 4.90 Å². The average Bonchev–Trinajstić information content (AvgIpc) is 3.51. The van der Waals surface area contributed by atoms with E-state index < -0.39 is 44.1 Å². The molecule has 10 nitrogen and oxygen atoms in total. The Kier molecular flexibility index (Phi) is 7.79. The Morgan fingerprint density at radius 1 is 1.00 bits per heavy atom. The first kappa shape index (κ1) is 33.7. The number of rotatable bonds is 9. The van der Waals surface area contributed by atoms with Crippen molar-refractivity contribution in [2.24, 2.45) is 29.1 Å². The number of esters is 1. The lowest BCUT2D eigenvalue weighted by Crippen LogP contribution is -2.83. The Labute approximate surface area is 289 Å². The molecule has 266 valence electrons. The van der Waals surface area contributed by atoms with E-state index in [1.165, 1.54) is 0 Å². The van der Waals surface area contributed by atoms with Gasteiger partial charge >= 0.3 is 5.97 Å². The zero-order valence-corrected chi connectivity index (χ0v) is 29.8. The Bertz CT molecular complexity index is 1770. The lowest BCUT2D eigenvalue weighted by molar-refractivity contribution is -0.337. The highest BCUT2D eigenvalue weighted by molar-refractivity contribution is 7.90. The number of benzene rings is 2. The van der Waals surface area contributed by atoms with E-state index in [-0.39, 0.29) is 58.1 Å². The molecule has 8 rings (SSSR count). The summed E-state index contributed by atoms with van der Waals surface area (Å²) < 4.78 is 52.4. The van der Waals surface area contributed by atoms with Gasteiger partial charge in [0.05, 0.1) is 34.5 Å². The van der Waals surface area contributed by atoms with Crippen LogP contribution < -0.4 is 0 Å². The van der Waals surface area contributed by atoms with Gasteiger partial charge in [-0.1, -0.05) is 37.3 Å². The zero-order valence-electron chi connectivity index (χ0n) is 29.0. The SMILES string of the molecule is CCN1C[C@]2(OC(=O)c3ccccc3CS(=O)(=O)c3cccc(C)c3)CC[C@H](OC)[C@@]34C2CC([C@@H]13)[C@@]1(O)C[C@H](OC)[C@H]2CC4[C@]1(O)[C@H]2OC. The quantitative estimate of drug-likeness (QED) is 0.376. The maximum atomic E-state index is 14.5. The van der Waals surface area contributed by atoms with Crippen LogP contribution in [0.1, 0.15) is 60.5 Å². The summed E-state index contributed by atoms with van der Waals surface area (Å²) in [5.41, 5.74) is -3.07. The van der Waals surface area contributed by atoms with Crippen LogP contribution in [0.2, 0.25) is 0 Å². The number of piperidine rings is 1. The van der Waals surface area contributed by atoms with Crippen molar-refractivity contribution in [2.45, 2.75) is 97.8 Å². The molecule has 5 aliphatic carbocycles. The van der Waals surface area contributed by atoms with Gasteiger partial charge in [-0.25, -0.2) is 13.2 Å². The van der Waals surface area contributed by atoms with E-state index in [2.05, 4.69) is 11.8 Å². The second kappa shape index (κ2) is 11.3. The summed E-state index contributed by atoms with van der Waals surface area (Å²) in [6, 6.07) is 13.5. The van der Waals surface area contributed by atoms with Gasteiger partial charge in [-0.2, -0.15) is 0 Å². The van der Waals surface area contributed by atoms with Crippen molar-refractivity contribution in [1.82, 2.24) is 4.90 Å². The minimum absolute atomic E-state index is 0.0894. The van der Waals surface area contributed by atoms with Crippen LogP contribution in [0.4, 0.5) is 0 Å². The van der Waals surface area contributed by atoms with Gasteiger partial charge in [0.15, 0.2) is 9.84 Å². The second-order valence-corrected chi connectivity index (χ2v) is 17.7. The Morgan fingerprint density at radius 3 is 2.47 bits per heavy atom. The van der Waals surface area contributed by atoms with Crippen molar-refractivity contribution in [3.8, 4) is 0 Å². The number of carbonyl (C=O) groups is 1. The van der Waals surface area contributed by atoms with Crippen LogP contribution in [0.25, 0.3) is 0 Å². The third kappa shape index (κ3) is 4.21. The normalized spacial score (nSPS) is 43.4. The number of hydrogen-bond donors (Lipinski definition) is 2. The highest BCUT2D eigenvalue weighted by Crippen LogP contribution is 2.79. The van der Waals surface area contributed by atoms with Gasteiger partial charge in [0, 0.05) is 69.4 Å². The van der Waals surface area contributed by atoms with Gasteiger partial charge in [-0.05, 0) is 68.5 Å². The van der Waals surface area contributed by atoms with Gasteiger partial charge < -0.3 is 29.2 Å². The molecule has 1 heterocycles. The van der Waals surface area contributed by atoms with E-state index in [9.17, 15) is 23.4 Å². The van der Waals surface area contributed by atoms with Crippen LogP contribution >= 0.6 is 0 Å². The lowest BCUT2D eigenvalue weighted by Gasteiger charge is -2.70. The van der Waals surface area contributed by atoms with E-state index in [0.29, 0.717) is 50.8 Å². The predicted molar refractivity (Wildman–Crippen MR) is 179 cm³/mol. The van der Waals surface area contributed by atoms with Crippen LogP contribution in [0.3, 0.4) is 0 Å². The van der Waals surface area contributed by atoms with Gasteiger partial charge in [0.2, 0.25) is 0 Å². The fourth-order valence-corrected chi connectivity index (χ4v) is 14.1. The summed E-state index contributed by atoms with van der Waals surface area (Å²) in [6.45, 7) is 5.11. The summed E-state index contributed by atoms with van der Waals surface area (Å²) >= 11 is 0. The molecule has 12 atom stereocenters. The number of likely N-dealkylation sites (N-methyl/N-ethyl adjacent to an activating group) is 1. The van der Waals surface area contributed by atoms with Crippen molar-refractivity contribution >= 4 is 15.8 Å². The van der Waals surface area contributed by atoms with Gasteiger partial charge in [-0.15, -0.1) is 0 Å². The first-order chi connectivity index (χ1) is 23.4. The van der Waals surface area contributed by atoms with E-state index in [4.69, 9.17) is 18.9 Å². The second-order valence-electron chi connectivity index (χ2n) is 15.7. The summed E-state index contributed by atoms with van der Waals surface area (Å²) in [7, 11) is 1.28.